The molecule has 1 aliphatic heterocycles. The SMILES string of the molecule is CCc1nc(-c2ccc3c(c2)CC[C@H]3CC(=O)[C@H]2CCNC(=O)C2)no1. The molecule has 0 unspecified atom stereocenters. The number of aryl methyl sites for hydroxylation is 2. The number of nitrogens with zero attached hydrogens (tertiary/aromatic N) is 2. The minimum absolute atomic E-state index is 0.00220. The summed E-state index contributed by atoms with van der Waals surface area (Å²) >= 11 is 0. The summed E-state index contributed by atoms with van der Waals surface area (Å²) in [5, 5.41) is 6.83. The number of fused-ring (bicyclic) bond motifs is 1. The monoisotopic (exact) mass is 353 g/mol. The van der Waals surface area contributed by atoms with Gasteiger partial charge in [0.05, 0.1) is 0 Å². The molecule has 0 saturated carbocycles. The van der Waals surface area contributed by atoms with Gasteiger partial charge in [-0.05, 0) is 42.4 Å². The van der Waals surface area contributed by atoms with Crippen molar-refractivity contribution in [2.45, 2.75) is 51.4 Å². The van der Waals surface area contributed by atoms with Gasteiger partial charge in [0.1, 0.15) is 5.78 Å². The van der Waals surface area contributed by atoms with E-state index in [9.17, 15) is 9.59 Å². The molecule has 1 fully saturated rings. The van der Waals surface area contributed by atoms with Crippen LogP contribution in [0.5, 0.6) is 0 Å². The van der Waals surface area contributed by atoms with Crippen LogP contribution in [-0.4, -0.2) is 28.4 Å². The van der Waals surface area contributed by atoms with Crippen LogP contribution >= 0.6 is 0 Å². The lowest BCUT2D eigenvalue weighted by molar-refractivity contribution is -0.131. The topological polar surface area (TPSA) is 85.1 Å². The summed E-state index contributed by atoms with van der Waals surface area (Å²) in [4.78, 5) is 28.5. The number of piperidine rings is 1. The molecule has 26 heavy (non-hydrogen) atoms. The van der Waals surface area contributed by atoms with Crippen LogP contribution in [0.1, 0.15) is 55.5 Å². The van der Waals surface area contributed by atoms with Crippen LogP contribution in [0.15, 0.2) is 22.7 Å². The number of ketones is 1. The lowest BCUT2D eigenvalue weighted by Gasteiger charge is -2.22. The molecular formula is C20H23N3O3. The Morgan fingerprint density at radius 3 is 3.00 bits per heavy atom. The number of hydrogen-bond donors (Lipinski definition) is 1. The maximum atomic E-state index is 12.6. The zero-order valence-electron chi connectivity index (χ0n) is 15.0. The zero-order valence-corrected chi connectivity index (χ0v) is 15.0. The zero-order chi connectivity index (χ0) is 18.1. The van der Waals surface area contributed by atoms with Gasteiger partial charge >= 0.3 is 0 Å². The molecule has 2 atom stereocenters. The molecular weight excluding hydrogens is 330 g/mol. The Hall–Kier alpha value is -2.50. The maximum absolute atomic E-state index is 12.6. The fourth-order valence-corrected chi connectivity index (χ4v) is 4.04. The Kier molecular flexibility index (Phi) is 4.57. The average molecular weight is 353 g/mol. The first kappa shape index (κ1) is 16.9. The fraction of sp³-hybridized carbons (Fsp3) is 0.500. The van der Waals surface area contributed by atoms with E-state index in [2.05, 4.69) is 27.6 Å². The Bertz CT molecular complexity index is 843. The predicted molar refractivity (Wildman–Crippen MR) is 95.5 cm³/mol. The van der Waals surface area contributed by atoms with E-state index < -0.39 is 0 Å². The van der Waals surface area contributed by atoms with Gasteiger partial charge in [0.2, 0.25) is 17.6 Å². The van der Waals surface area contributed by atoms with Crippen molar-refractivity contribution < 1.29 is 14.1 Å². The van der Waals surface area contributed by atoms with Gasteiger partial charge in [-0.25, -0.2) is 0 Å². The van der Waals surface area contributed by atoms with Gasteiger partial charge in [0.15, 0.2) is 0 Å². The lowest BCUT2D eigenvalue weighted by atomic mass is 9.86. The standard InChI is InChI=1S/C20H23N3O3/c1-2-19-22-20(23-26-19)15-5-6-16-12(9-15)3-4-13(16)10-17(24)14-7-8-21-18(25)11-14/h5-6,9,13-14H,2-4,7-8,10-11H2,1H3,(H,21,25)/t13-,14-/m0/s1. The van der Waals surface area contributed by atoms with E-state index in [0.717, 1.165) is 31.2 Å². The van der Waals surface area contributed by atoms with Crippen molar-refractivity contribution in [3.8, 4) is 11.4 Å². The normalized spacial score (nSPS) is 22.1. The Morgan fingerprint density at radius 2 is 2.23 bits per heavy atom. The van der Waals surface area contributed by atoms with Gasteiger partial charge in [-0.1, -0.05) is 24.2 Å². The van der Waals surface area contributed by atoms with Crippen molar-refractivity contribution in [2.24, 2.45) is 5.92 Å². The van der Waals surface area contributed by atoms with Crippen LogP contribution in [0.25, 0.3) is 11.4 Å². The lowest BCUT2D eigenvalue weighted by Crippen LogP contribution is -2.36. The summed E-state index contributed by atoms with van der Waals surface area (Å²) in [6.07, 6.45) is 4.31. The van der Waals surface area contributed by atoms with Crippen molar-refractivity contribution in [1.82, 2.24) is 15.5 Å². The van der Waals surface area contributed by atoms with Crippen molar-refractivity contribution in [2.75, 3.05) is 6.54 Å². The van der Waals surface area contributed by atoms with Gasteiger partial charge in [-0.15, -0.1) is 0 Å². The molecule has 0 spiro atoms. The molecule has 1 aromatic carbocycles. The second-order valence-corrected chi connectivity index (χ2v) is 7.22. The fourth-order valence-electron chi connectivity index (χ4n) is 4.04. The van der Waals surface area contributed by atoms with Gasteiger partial charge in [-0.2, -0.15) is 4.98 Å². The van der Waals surface area contributed by atoms with Crippen LogP contribution in [0, 0.1) is 5.92 Å². The summed E-state index contributed by atoms with van der Waals surface area (Å²) in [6.45, 7) is 2.60. The summed E-state index contributed by atoms with van der Waals surface area (Å²) < 4.78 is 5.20. The molecule has 0 bridgehead atoms. The second-order valence-electron chi connectivity index (χ2n) is 7.22. The second kappa shape index (κ2) is 7.02. The number of nitrogens with one attached hydrogen (secondary N) is 1. The average Bonchev–Trinajstić information content (AvgIpc) is 3.28. The minimum atomic E-state index is -0.112. The number of carbonyl (C=O) groups excluding carboxylic acids is 2. The van der Waals surface area contributed by atoms with Crippen molar-refractivity contribution in [1.29, 1.82) is 0 Å². The van der Waals surface area contributed by atoms with Gasteiger partial charge in [0.25, 0.3) is 0 Å². The third-order valence-electron chi connectivity index (χ3n) is 5.52. The third-order valence-corrected chi connectivity index (χ3v) is 5.52. The largest absolute Gasteiger partial charge is 0.356 e. The van der Waals surface area contributed by atoms with Gasteiger partial charge < -0.3 is 9.84 Å². The van der Waals surface area contributed by atoms with Crippen LogP contribution in [-0.2, 0) is 22.4 Å². The predicted octanol–water partition coefficient (Wildman–Crippen LogP) is 2.81. The molecule has 6 heteroatoms. The summed E-state index contributed by atoms with van der Waals surface area (Å²) in [5.41, 5.74) is 3.48. The third kappa shape index (κ3) is 3.28. The minimum Gasteiger partial charge on any atom is -0.356 e. The molecule has 1 saturated heterocycles. The number of benzene rings is 1. The smallest absolute Gasteiger partial charge is 0.226 e. The highest BCUT2D eigenvalue weighted by Gasteiger charge is 2.30. The molecule has 1 amide bonds. The van der Waals surface area contributed by atoms with E-state index in [1.807, 2.05) is 13.0 Å². The maximum Gasteiger partial charge on any atom is 0.226 e. The quantitative estimate of drug-likeness (QED) is 0.893. The molecule has 2 heterocycles. The molecule has 2 aliphatic rings. The van der Waals surface area contributed by atoms with Crippen molar-refractivity contribution in [3.63, 3.8) is 0 Å². The highest BCUT2D eigenvalue weighted by Crippen LogP contribution is 2.38. The molecule has 1 aliphatic carbocycles. The number of carbonyl (C=O) groups is 2. The molecule has 1 aromatic heterocycles. The first-order valence-electron chi connectivity index (χ1n) is 9.39. The van der Waals surface area contributed by atoms with Crippen molar-refractivity contribution >= 4 is 11.7 Å². The molecule has 0 radical (unpaired) electrons. The van der Waals surface area contributed by atoms with E-state index in [4.69, 9.17) is 4.52 Å². The Morgan fingerprint density at radius 1 is 1.35 bits per heavy atom. The van der Waals surface area contributed by atoms with Crippen molar-refractivity contribution in [3.05, 3.63) is 35.2 Å². The van der Waals surface area contributed by atoms with E-state index >= 15 is 0 Å². The van der Waals surface area contributed by atoms with E-state index in [1.165, 1.54) is 11.1 Å². The number of amides is 1. The first-order chi connectivity index (χ1) is 12.6. The van der Waals surface area contributed by atoms with E-state index in [1.54, 1.807) is 0 Å². The molecule has 2 aromatic rings. The van der Waals surface area contributed by atoms with Crippen LogP contribution in [0.4, 0.5) is 0 Å². The Balaban J connectivity index is 1.47. The van der Waals surface area contributed by atoms with Gasteiger partial charge in [-0.3, -0.25) is 9.59 Å². The van der Waals surface area contributed by atoms with Crippen LogP contribution < -0.4 is 5.32 Å². The number of rotatable bonds is 5. The van der Waals surface area contributed by atoms with E-state index in [-0.39, 0.29) is 23.5 Å². The molecule has 4 rings (SSSR count). The van der Waals surface area contributed by atoms with E-state index in [0.29, 0.717) is 31.1 Å². The highest BCUT2D eigenvalue weighted by atomic mass is 16.5. The molecule has 1 N–H and O–H groups in total. The molecule has 6 nitrogen and oxygen atoms in total. The number of hydrogen-bond acceptors (Lipinski definition) is 5. The number of aromatic nitrogens is 2. The Labute approximate surface area is 152 Å². The van der Waals surface area contributed by atoms with Crippen LogP contribution in [0.3, 0.4) is 0 Å². The summed E-state index contributed by atoms with van der Waals surface area (Å²) in [7, 11) is 0. The highest BCUT2D eigenvalue weighted by molar-refractivity contribution is 5.88. The molecule has 136 valence electrons. The number of Topliss-reactive ketones (excluding diaryl/α,β-unsaturated/α-hetero) is 1. The van der Waals surface area contributed by atoms with Gasteiger partial charge in [0, 0.05) is 37.3 Å². The first-order valence-corrected chi connectivity index (χ1v) is 9.39. The van der Waals surface area contributed by atoms with Crippen LogP contribution in [0.2, 0.25) is 0 Å². The summed E-state index contributed by atoms with van der Waals surface area (Å²) in [6, 6.07) is 6.24. The summed E-state index contributed by atoms with van der Waals surface area (Å²) in [5.74, 6) is 1.63.